The van der Waals surface area contributed by atoms with E-state index >= 15 is 0 Å². The Morgan fingerprint density at radius 2 is 1.72 bits per heavy atom. The number of H-pyrrole nitrogens is 1. The van der Waals surface area contributed by atoms with Crippen molar-refractivity contribution < 1.29 is 14.3 Å². The minimum absolute atomic E-state index is 0.291. The Hall–Kier alpha value is -6.06. The summed E-state index contributed by atoms with van der Waals surface area (Å²) in [7, 11) is 3.25. The molecule has 1 amide bonds. The van der Waals surface area contributed by atoms with E-state index in [4.69, 9.17) is 20.1 Å². The first-order valence-electron chi connectivity index (χ1n) is 15.2. The first kappa shape index (κ1) is 30.9. The first-order chi connectivity index (χ1) is 23.0. The van der Waals surface area contributed by atoms with Gasteiger partial charge < -0.3 is 24.3 Å². The highest BCUT2D eigenvalue weighted by Crippen LogP contribution is 2.28. The third kappa shape index (κ3) is 7.27. The zero-order chi connectivity index (χ0) is 32.6. The first-order valence-corrected chi connectivity index (χ1v) is 15.2. The van der Waals surface area contributed by atoms with Gasteiger partial charge in [-0.2, -0.15) is 0 Å². The average molecular weight is 627 g/mol. The monoisotopic (exact) mass is 626 g/mol. The Bertz CT molecular complexity index is 2000. The van der Waals surface area contributed by atoms with Gasteiger partial charge in [0, 0.05) is 51.8 Å². The van der Waals surface area contributed by atoms with Gasteiger partial charge in [0.1, 0.15) is 17.3 Å². The maximum Gasteiger partial charge on any atom is 0.251 e. The molecule has 11 nitrogen and oxygen atoms in total. The number of hydrogen-bond acceptors (Lipinski definition) is 6. The highest BCUT2D eigenvalue weighted by atomic mass is 16.5. The van der Waals surface area contributed by atoms with Crippen molar-refractivity contribution in [2.45, 2.75) is 31.8 Å². The van der Waals surface area contributed by atoms with Gasteiger partial charge in [0.15, 0.2) is 5.82 Å². The van der Waals surface area contributed by atoms with E-state index in [1.54, 1.807) is 38.5 Å². The van der Waals surface area contributed by atoms with Crippen LogP contribution in [0.15, 0.2) is 108 Å². The van der Waals surface area contributed by atoms with E-state index in [2.05, 4.69) is 48.2 Å². The molecule has 0 saturated heterocycles. The van der Waals surface area contributed by atoms with Crippen molar-refractivity contribution in [2.24, 2.45) is 5.11 Å². The fraction of sp³-hybridized carbons (Fsp3) is 0.194. The fourth-order valence-corrected chi connectivity index (χ4v) is 5.66. The molecule has 2 aromatic heterocycles. The third-order valence-electron chi connectivity index (χ3n) is 8.08. The van der Waals surface area contributed by atoms with E-state index in [0.717, 1.165) is 34.4 Å². The van der Waals surface area contributed by atoms with Crippen LogP contribution in [-0.2, 0) is 25.8 Å². The highest BCUT2D eigenvalue weighted by molar-refractivity contribution is 5.94. The third-order valence-corrected chi connectivity index (χ3v) is 8.08. The summed E-state index contributed by atoms with van der Waals surface area (Å²) in [4.78, 5) is 20.0. The van der Waals surface area contributed by atoms with Gasteiger partial charge in [-0.25, -0.2) is 0 Å². The summed E-state index contributed by atoms with van der Waals surface area (Å²) in [5.74, 6) is 2.48. The minimum Gasteiger partial charge on any atom is -0.497 e. The van der Waals surface area contributed by atoms with Gasteiger partial charge in [0.2, 0.25) is 0 Å². The molecule has 1 atom stereocenters. The summed E-state index contributed by atoms with van der Waals surface area (Å²) in [6.45, 7) is 0.416. The molecule has 47 heavy (non-hydrogen) atoms. The van der Waals surface area contributed by atoms with Crippen LogP contribution in [0.4, 0.5) is 5.69 Å². The van der Waals surface area contributed by atoms with Crippen LogP contribution < -0.4 is 14.8 Å². The van der Waals surface area contributed by atoms with E-state index in [1.165, 1.54) is 5.56 Å². The number of amides is 1. The van der Waals surface area contributed by atoms with Crippen LogP contribution in [0, 0.1) is 0 Å². The molecule has 2 heterocycles. The van der Waals surface area contributed by atoms with E-state index in [0.29, 0.717) is 48.0 Å². The van der Waals surface area contributed by atoms with Gasteiger partial charge in [-0.05, 0) is 59.3 Å². The van der Waals surface area contributed by atoms with Crippen LogP contribution in [0.5, 0.6) is 11.5 Å². The molecule has 236 valence electrons. The largest absolute Gasteiger partial charge is 0.497 e. The number of rotatable bonds is 13. The maximum absolute atomic E-state index is 13.7. The van der Waals surface area contributed by atoms with Gasteiger partial charge in [-0.15, -0.1) is 10.2 Å². The van der Waals surface area contributed by atoms with Crippen molar-refractivity contribution in [2.75, 3.05) is 14.2 Å². The maximum atomic E-state index is 13.7. The molecule has 0 aliphatic rings. The zero-order valence-corrected chi connectivity index (χ0v) is 26.1. The van der Waals surface area contributed by atoms with Gasteiger partial charge in [0.05, 0.1) is 26.8 Å². The van der Waals surface area contributed by atoms with Gasteiger partial charge in [0.25, 0.3) is 5.91 Å². The standard InChI is InChI=1S/C36H34N8O3/c1-46-30-18-15-27(33(22-30)47-2)23-44-34(19-12-24-8-4-3-5-9-24)41-42-35(44)32(21-29-20-26-10-6-7-11-31(26)38-29)39-36(45)25-13-16-28(17-14-25)40-43-37/h3-11,13-18,20,22,32,38H,12,19,21,23H2,1-2H3,(H,39,45)/t32-/m1/s1. The Morgan fingerprint density at radius 1 is 0.936 bits per heavy atom. The summed E-state index contributed by atoms with van der Waals surface area (Å²) < 4.78 is 13.3. The summed E-state index contributed by atoms with van der Waals surface area (Å²) >= 11 is 0. The van der Waals surface area contributed by atoms with Crippen molar-refractivity contribution in [3.63, 3.8) is 0 Å². The van der Waals surface area contributed by atoms with Crippen molar-refractivity contribution in [1.29, 1.82) is 0 Å². The topological polar surface area (TPSA) is 143 Å². The molecule has 0 aliphatic carbocycles. The quantitative estimate of drug-likeness (QED) is 0.0788. The molecule has 4 aromatic carbocycles. The number of para-hydroxylation sites is 1. The molecule has 0 bridgehead atoms. The number of aryl methyl sites for hydroxylation is 2. The number of azide groups is 1. The number of methoxy groups -OCH3 is 2. The Balaban J connectivity index is 1.40. The Morgan fingerprint density at radius 3 is 2.47 bits per heavy atom. The number of carbonyl (C=O) groups excluding carboxylic acids is 1. The molecule has 0 radical (unpaired) electrons. The highest BCUT2D eigenvalue weighted by Gasteiger charge is 2.26. The van der Waals surface area contributed by atoms with E-state index < -0.39 is 6.04 Å². The molecular formula is C36H34N8O3. The second-order valence-electron chi connectivity index (χ2n) is 11.1. The molecule has 6 aromatic rings. The van der Waals surface area contributed by atoms with Crippen molar-refractivity contribution in [1.82, 2.24) is 25.1 Å². The smallest absolute Gasteiger partial charge is 0.251 e. The predicted octanol–water partition coefficient (Wildman–Crippen LogP) is 7.27. The Kier molecular flexibility index (Phi) is 9.45. The van der Waals surface area contributed by atoms with Crippen molar-refractivity contribution in [3.05, 3.63) is 148 Å². The summed E-state index contributed by atoms with van der Waals surface area (Å²) in [5.41, 5.74) is 13.7. The second kappa shape index (κ2) is 14.4. The van der Waals surface area contributed by atoms with Gasteiger partial charge in [-0.3, -0.25) is 4.79 Å². The fourth-order valence-electron chi connectivity index (χ4n) is 5.66. The number of nitrogens with one attached hydrogen (secondary N) is 2. The lowest BCUT2D eigenvalue weighted by Crippen LogP contribution is -2.32. The van der Waals surface area contributed by atoms with Gasteiger partial charge in [-0.1, -0.05) is 65.8 Å². The second-order valence-corrected chi connectivity index (χ2v) is 11.1. The average Bonchev–Trinajstić information content (AvgIpc) is 3.71. The normalized spacial score (nSPS) is 11.5. The number of nitrogens with zero attached hydrogens (tertiary/aromatic N) is 6. The number of fused-ring (bicyclic) bond motifs is 1. The molecule has 0 unspecified atom stereocenters. The molecule has 0 saturated carbocycles. The summed E-state index contributed by atoms with van der Waals surface area (Å²) in [6.07, 6.45) is 1.85. The number of benzene rings is 4. The molecule has 11 heteroatoms. The van der Waals surface area contributed by atoms with Crippen molar-refractivity contribution in [3.8, 4) is 11.5 Å². The van der Waals surface area contributed by atoms with E-state index in [9.17, 15) is 4.79 Å². The minimum atomic E-state index is -0.547. The summed E-state index contributed by atoms with van der Waals surface area (Å²) in [6, 6.07) is 32.1. The number of hydrogen-bond donors (Lipinski definition) is 2. The molecule has 6 rings (SSSR count). The molecule has 0 fully saturated rings. The molecule has 0 spiro atoms. The lowest BCUT2D eigenvalue weighted by atomic mass is 10.1. The molecule has 0 aliphatic heterocycles. The van der Waals surface area contributed by atoms with Crippen LogP contribution in [-0.4, -0.2) is 39.9 Å². The molecule has 2 N–H and O–H groups in total. The number of aromatic nitrogens is 4. The van der Waals surface area contributed by atoms with Gasteiger partial charge >= 0.3 is 0 Å². The molecular weight excluding hydrogens is 592 g/mol. The SMILES string of the molecule is COc1ccc(Cn2c(CCc3ccccc3)nnc2[C@@H](Cc2cc3ccccc3[nH]2)NC(=O)c2ccc(N=[N+]=[N-])cc2)c(OC)c1. The predicted molar refractivity (Wildman–Crippen MR) is 180 cm³/mol. The van der Waals surface area contributed by atoms with Crippen LogP contribution in [0.3, 0.4) is 0 Å². The number of ether oxygens (including phenoxy) is 2. The van der Waals surface area contributed by atoms with Crippen LogP contribution in [0.25, 0.3) is 21.3 Å². The lowest BCUT2D eigenvalue weighted by molar-refractivity contribution is 0.0933. The van der Waals surface area contributed by atoms with E-state index in [1.807, 2.05) is 60.7 Å². The Labute approximate surface area is 271 Å². The van der Waals surface area contributed by atoms with Crippen LogP contribution in [0.2, 0.25) is 0 Å². The van der Waals surface area contributed by atoms with Crippen LogP contribution >= 0.6 is 0 Å². The van der Waals surface area contributed by atoms with Crippen molar-refractivity contribution >= 4 is 22.5 Å². The van der Waals surface area contributed by atoms with Crippen LogP contribution in [0.1, 0.15) is 44.9 Å². The summed E-state index contributed by atoms with van der Waals surface area (Å²) in [5, 5.41) is 17.3. The lowest BCUT2D eigenvalue weighted by Gasteiger charge is -2.21. The van der Waals surface area contributed by atoms with E-state index in [-0.39, 0.29) is 5.91 Å². The zero-order valence-electron chi connectivity index (χ0n) is 26.1. The number of carbonyl (C=O) groups is 1. The number of aromatic amines is 1.